The molecule has 1 aromatic heterocycles. The van der Waals surface area contributed by atoms with Crippen molar-refractivity contribution in [3.05, 3.63) is 11.9 Å². The van der Waals surface area contributed by atoms with Crippen molar-refractivity contribution in [2.24, 2.45) is 24.3 Å². The topological polar surface area (TPSA) is 73.2 Å². The van der Waals surface area contributed by atoms with E-state index in [0.29, 0.717) is 24.2 Å². The SMILES string of the molecule is CCOC(=O)c1cnc(NC(=O)[C@@H]2C[C@@H](C)CC(C)(C)C2)n1C. The van der Waals surface area contributed by atoms with Gasteiger partial charge in [0.15, 0.2) is 0 Å². The molecule has 0 radical (unpaired) electrons. The zero-order valence-electron chi connectivity index (χ0n) is 14.7. The fourth-order valence-corrected chi connectivity index (χ4v) is 3.68. The van der Waals surface area contributed by atoms with E-state index >= 15 is 0 Å². The fraction of sp³-hybridized carbons (Fsp3) is 0.706. The van der Waals surface area contributed by atoms with Gasteiger partial charge in [-0.1, -0.05) is 20.8 Å². The molecule has 1 fully saturated rings. The minimum absolute atomic E-state index is 0.0171. The van der Waals surface area contributed by atoms with Crippen LogP contribution < -0.4 is 5.32 Å². The molecule has 2 rings (SSSR count). The number of hydrogen-bond acceptors (Lipinski definition) is 4. The summed E-state index contributed by atoms with van der Waals surface area (Å²) in [6.45, 7) is 8.68. The first-order valence-corrected chi connectivity index (χ1v) is 8.23. The quantitative estimate of drug-likeness (QED) is 0.865. The van der Waals surface area contributed by atoms with Crippen LogP contribution in [0.2, 0.25) is 0 Å². The third-order valence-electron chi connectivity index (χ3n) is 4.47. The number of esters is 1. The molecule has 0 aromatic carbocycles. The summed E-state index contributed by atoms with van der Waals surface area (Å²) in [4.78, 5) is 28.5. The molecule has 1 aromatic rings. The molecule has 0 saturated heterocycles. The van der Waals surface area contributed by atoms with Crippen molar-refractivity contribution in [1.29, 1.82) is 0 Å². The van der Waals surface area contributed by atoms with E-state index in [1.165, 1.54) is 6.20 Å². The van der Waals surface area contributed by atoms with Gasteiger partial charge >= 0.3 is 5.97 Å². The van der Waals surface area contributed by atoms with Gasteiger partial charge in [0.2, 0.25) is 11.9 Å². The zero-order chi connectivity index (χ0) is 17.2. The monoisotopic (exact) mass is 321 g/mol. The van der Waals surface area contributed by atoms with Gasteiger partial charge < -0.3 is 9.30 Å². The lowest BCUT2D eigenvalue weighted by molar-refractivity contribution is -0.122. The molecule has 0 spiro atoms. The number of amides is 1. The Morgan fingerprint density at radius 2 is 2.13 bits per heavy atom. The standard InChI is InChI=1S/C17H27N3O3/c1-6-23-15(22)13-10-18-16(20(13)5)19-14(21)12-7-11(2)8-17(3,4)9-12/h10-12H,6-9H2,1-5H3,(H,18,19,21)/t11-,12-/m1/s1. The zero-order valence-corrected chi connectivity index (χ0v) is 14.7. The van der Waals surface area contributed by atoms with Crippen LogP contribution in [0.25, 0.3) is 0 Å². The number of carbonyl (C=O) groups excluding carboxylic acids is 2. The summed E-state index contributed by atoms with van der Waals surface area (Å²) < 4.78 is 6.54. The molecule has 0 bridgehead atoms. The van der Waals surface area contributed by atoms with Gasteiger partial charge in [-0.15, -0.1) is 0 Å². The number of carbonyl (C=O) groups is 2. The molecule has 128 valence electrons. The van der Waals surface area contributed by atoms with Gasteiger partial charge in [-0.3, -0.25) is 10.1 Å². The maximum Gasteiger partial charge on any atom is 0.356 e. The predicted octanol–water partition coefficient (Wildman–Crippen LogP) is 3.00. The summed E-state index contributed by atoms with van der Waals surface area (Å²) in [6.07, 6.45) is 4.34. The minimum Gasteiger partial charge on any atom is -0.461 e. The Bertz CT molecular complexity index is 592. The predicted molar refractivity (Wildman–Crippen MR) is 88.1 cm³/mol. The van der Waals surface area contributed by atoms with Gasteiger partial charge in [0, 0.05) is 13.0 Å². The molecule has 1 aliphatic rings. The van der Waals surface area contributed by atoms with Crippen molar-refractivity contribution < 1.29 is 14.3 Å². The van der Waals surface area contributed by atoms with Gasteiger partial charge in [0.05, 0.1) is 12.8 Å². The van der Waals surface area contributed by atoms with Crippen LogP contribution in [0, 0.1) is 17.3 Å². The van der Waals surface area contributed by atoms with E-state index < -0.39 is 5.97 Å². The minimum atomic E-state index is -0.435. The van der Waals surface area contributed by atoms with E-state index in [0.717, 1.165) is 19.3 Å². The summed E-state index contributed by atoms with van der Waals surface area (Å²) in [5, 5.41) is 2.86. The Kier molecular flexibility index (Phi) is 5.12. The van der Waals surface area contributed by atoms with Crippen molar-refractivity contribution in [2.45, 2.75) is 47.0 Å². The number of imidazole rings is 1. The van der Waals surface area contributed by atoms with Gasteiger partial charge in [-0.25, -0.2) is 9.78 Å². The smallest absolute Gasteiger partial charge is 0.356 e. The lowest BCUT2D eigenvalue weighted by atomic mass is 9.68. The number of nitrogens with one attached hydrogen (secondary N) is 1. The number of anilines is 1. The summed E-state index contributed by atoms with van der Waals surface area (Å²) in [6, 6.07) is 0. The van der Waals surface area contributed by atoms with E-state index in [1.54, 1.807) is 18.5 Å². The first-order valence-electron chi connectivity index (χ1n) is 8.23. The highest BCUT2D eigenvalue weighted by Gasteiger charge is 2.35. The highest BCUT2D eigenvalue weighted by molar-refractivity contribution is 5.93. The molecule has 0 unspecified atom stereocenters. The molecule has 1 amide bonds. The van der Waals surface area contributed by atoms with Crippen LogP contribution in [-0.2, 0) is 16.6 Å². The molecule has 6 nitrogen and oxygen atoms in total. The van der Waals surface area contributed by atoms with Crippen molar-refractivity contribution in [2.75, 3.05) is 11.9 Å². The van der Waals surface area contributed by atoms with Crippen LogP contribution >= 0.6 is 0 Å². The summed E-state index contributed by atoms with van der Waals surface area (Å²) >= 11 is 0. The highest BCUT2D eigenvalue weighted by Crippen LogP contribution is 2.41. The fourth-order valence-electron chi connectivity index (χ4n) is 3.68. The van der Waals surface area contributed by atoms with Crippen LogP contribution in [0.1, 0.15) is 57.4 Å². The Balaban J connectivity index is 2.07. The van der Waals surface area contributed by atoms with Crippen molar-refractivity contribution in [1.82, 2.24) is 9.55 Å². The lowest BCUT2D eigenvalue weighted by Crippen LogP contribution is -2.35. The Morgan fingerprint density at radius 3 is 2.74 bits per heavy atom. The summed E-state index contributed by atoms with van der Waals surface area (Å²) in [7, 11) is 1.70. The number of ether oxygens (including phenoxy) is 1. The van der Waals surface area contributed by atoms with Gasteiger partial charge in [0.1, 0.15) is 5.69 Å². The molecule has 1 N–H and O–H groups in total. The van der Waals surface area contributed by atoms with Crippen molar-refractivity contribution >= 4 is 17.8 Å². The van der Waals surface area contributed by atoms with E-state index in [-0.39, 0.29) is 17.2 Å². The Hall–Kier alpha value is -1.85. The maximum absolute atomic E-state index is 12.6. The largest absolute Gasteiger partial charge is 0.461 e. The Morgan fingerprint density at radius 1 is 1.43 bits per heavy atom. The van der Waals surface area contributed by atoms with Crippen molar-refractivity contribution in [3.63, 3.8) is 0 Å². The maximum atomic E-state index is 12.6. The first-order chi connectivity index (χ1) is 10.7. The second kappa shape index (κ2) is 6.72. The van der Waals surface area contributed by atoms with Crippen LogP contribution in [-0.4, -0.2) is 28.0 Å². The lowest BCUT2D eigenvalue weighted by Gasteiger charge is -2.38. The molecule has 1 saturated carbocycles. The van der Waals surface area contributed by atoms with E-state index in [9.17, 15) is 9.59 Å². The third kappa shape index (κ3) is 4.12. The summed E-state index contributed by atoms with van der Waals surface area (Å²) in [5.74, 6) is 0.445. The normalized spacial score (nSPS) is 23.3. The third-order valence-corrected chi connectivity index (χ3v) is 4.47. The average Bonchev–Trinajstić information content (AvgIpc) is 2.78. The molecule has 2 atom stereocenters. The molecule has 1 aliphatic carbocycles. The average molecular weight is 321 g/mol. The van der Waals surface area contributed by atoms with E-state index in [4.69, 9.17) is 4.74 Å². The van der Waals surface area contributed by atoms with E-state index in [2.05, 4.69) is 31.1 Å². The van der Waals surface area contributed by atoms with Crippen molar-refractivity contribution in [3.8, 4) is 0 Å². The van der Waals surface area contributed by atoms with Gasteiger partial charge in [0.25, 0.3) is 0 Å². The molecule has 1 heterocycles. The molecular weight excluding hydrogens is 294 g/mol. The second-order valence-electron chi connectivity index (χ2n) is 7.35. The van der Waals surface area contributed by atoms with Crippen LogP contribution in [0.3, 0.4) is 0 Å². The van der Waals surface area contributed by atoms with Gasteiger partial charge in [-0.05, 0) is 37.5 Å². The molecule has 23 heavy (non-hydrogen) atoms. The number of hydrogen-bond donors (Lipinski definition) is 1. The van der Waals surface area contributed by atoms with Crippen LogP contribution in [0.15, 0.2) is 6.20 Å². The number of nitrogens with zero attached hydrogens (tertiary/aromatic N) is 2. The number of rotatable bonds is 4. The van der Waals surface area contributed by atoms with Crippen LogP contribution in [0.4, 0.5) is 5.95 Å². The number of aromatic nitrogens is 2. The Labute approximate surface area is 137 Å². The second-order valence-corrected chi connectivity index (χ2v) is 7.35. The van der Waals surface area contributed by atoms with E-state index in [1.807, 2.05) is 0 Å². The molecular formula is C17H27N3O3. The van der Waals surface area contributed by atoms with Crippen LogP contribution in [0.5, 0.6) is 0 Å². The first kappa shape index (κ1) is 17.5. The highest BCUT2D eigenvalue weighted by atomic mass is 16.5. The van der Waals surface area contributed by atoms with Gasteiger partial charge in [-0.2, -0.15) is 0 Å². The molecule has 6 heteroatoms. The molecule has 0 aliphatic heterocycles. The summed E-state index contributed by atoms with van der Waals surface area (Å²) in [5.41, 5.74) is 0.511.